The van der Waals surface area contributed by atoms with Crippen molar-refractivity contribution >= 4 is 0 Å². The Morgan fingerprint density at radius 1 is 1.89 bits per heavy atom. The topological polar surface area (TPSA) is 52.0 Å². The minimum absolute atomic E-state index is 0.285. The zero-order chi connectivity index (χ0) is 6.69. The molecule has 0 aliphatic rings. The van der Waals surface area contributed by atoms with E-state index in [0.29, 0.717) is 6.54 Å². The number of rotatable bonds is 2. The van der Waals surface area contributed by atoms with E-state index in [1.54, 1.807) is 6.20 Å². The quantitative estimate of drug-likeness (QED) is 0.635. The van der Waals surface area contributed by atoms with Crippen molar-refractivity contribution in [2.45, 2.75) is 12.8 Å². The van der Waals surface area contributed by atoms with Gasteiger partial charge >= 0.3 is 0 Å². The maximum absolute atomic E-state index is 5.38. The maximum atomic E-state index is 5.38. The summed E-state index contributed by atoms with van der Waals surface area (Å²) in [5.41, 5.74) is 5.38. The van der Waals surface area contributed by atoms with Gasteiger partial charge in [0.15, 0.2) is 6.39 Å². The number of hydrogen-bond donors (Lipinski definition) is 1. The molecule has 3 heteroatoms. The molecule has 1 unspecified atom stereocenters. The van der Waals surface area contributed by atoms with Crippen LogP contribution in [0.5, 0.6) is 0 Å². The van der Waals surface area contributed by atoms with Gasteiger partial charge in [-0.2, -0.15) is 0 Å². The molecular formula is C6H10N2O. The number of hydrogen-bond acceptors (Lipinski definition) is 3. The van der Waals surface area contributed by atoms with E-state index in [1.807, 2.05) is 6.92 Å². The van der Waals surface area contributed by atoms with Crippen LogP contribution in [-0.4, -0.2) is 11.5 Å². The molecule has 0 saturated carbocycles. The van der Waals surface area contributed by atoms with E-state index in [-0.39, 0.29) is 5.92 Å². The van der Waals surface area contributed by atoms with Crippen LogP contribution in [0.15, 0.2) is 17.0 Å². The summed E-state index contributed by atoms with van der Waals surface area (Å²) in [5.74, 6) is 1.14. The Morgan fingerprint density at radius 2 is 2.67 bits per heavy atom. The zero-order valence-corrected chi connectivity index (χ0v) is 5.37. The van der Waals surface area contributed by atoms with Crippen molar-refractivity contribution < 1.29 is 4.42 Å². The number of nitrogens with two attached hydrogens (primary N) is 1. The molecular weight excluding hydrogens is 116 g/mol. The summed E-state index contributed by atoms with van der Waals surface area (Å²) >= 11 is 0. The first-order valence-electron chi connectivity index (χ1n) is 2.93. The Kier molecular flexibility index (Phi) is 1.85. The van der Waals surface area contributed by atoms with Gasteiger partial charge < -0.3 is 10.2 Å². The highest BCUT2D eigenvalue weighted by Gasteiger charge is 2.04. The molecule has 0 spiro atoms. The molecule has 0 aliphatic carbocycles. The molecule has 0 saturated heterocycles. The molecule has 1 heterocycles. The van der Waals surface area contributed by atoms with Crippen molar-refractivity contribution in [2.24, 2.45) is 5.73 Å². The second kappa shape index (κ2) is 2.64. The van der Waals surface area contributed by atoms with E-state index >= 15 is 0 Å². The molecule has 0 fully saturated rings. The van der Waals surface area contributed by atoms with Crippen LogP contribution in [0.4, 0.5) is 0 Å². The highest BCUT2D eigenvalue weighted by atomic mass is 16.3. The third-order valence-corrected chi connectivity index (χ3v) is 1.29. The monoisotopic (exact) mass is 126 g/mol. The summed E-state index contributed by atoms with van der Waals surface area (Å²) in [6, 6.07) is 0. The maximum Gasteiger partial charge on any atom is 0.180 e. The van der Waals surface area contributed by atoms with Crippen LogP contribution < -0.4 is 5.73 Å². The lowest BCUT2D eigenvalue weighted by molar-refractivity contribution is 0.473. The normalized spacial score (nSPS) is 13.6. The van der Waals surface area contributed by atoms with Crippen molar-refractivity contribution in [1.29, 1.82) is 0 Å². The van der Waals surface area contributed by atoms with E-state index in [1.165, 1.54) is 6.39 Å². The van der Waals surface area contributed by atoms with Crippen molar-refractivity contribution in [3.63, 3.8) is 0 Å². The molecule has 2 N–H and O–H groups in total. The first-order valence-corrected chi connectivity index (χ1v) is 2.93. The fourth-order valence-corrected chi connectivity index (χ4v) is 0.585. The molecule has 0 radical (unpaired) electrons. The van der Waals surface area contributed by atoms with Crippen LogP contribution in [-0.2, 0) is 0 Å². The Balaban J connectivity index is 2.65. The first kappa shape index (κ1) is 6.29. The van der Waals surface area contributed by atoms with Crippen LogP contribution in [0.25, 0.3) is 0 Å². The van der Waals surface area contributed by atoms with Gasteiger partial charge in [-0.05, 0) is 0 Å². The van der Waals surface area contributed by atoms with Gasteiger partial charge in [-0.3, -0.25) is 0 Å². The highest BCUT2D eigenvalue weighted by molar-refractivity contribution is 4.96. The minimum atomic E-state index is 0.285. The molecule has 0 aromatic carbocycles. The molecule has 0 aliphatic heterocycles. The SMILES string of the molecule is CC(CN)c1cnco1. The molecule has 1 rings (SSSR count). The van der Waals surface area contributed by atoms with E-state index < -0.39 is 0 Å². The molecule has 1 atom stereocenters. The molecule has 0 bridgehead atoms. The smallest absolute Gasteiger partial charge is 0.180 e. The summed E-state index contributed by atoms with van der Waals surface area (Å²) in [6.45, 7) is 2.61. The lowest BCUT2D eigenvalue weighted by Crippen LogP contribution is -2.07. The van der Waals surface area contributed by atoms with Crippen LogP contribution in [0, 0.1) is 0 Å². The summed E-state index contributed by atoms with van der Waals surface area (Å²) in [6.07, 6.45) is 3.11. The van der Waals surface area contributed by atoms with E-state index in [2.05, 4.69) is 4.98 Å². The van der Waals surface area contributed by atoms with Crippen LogP contribution in [0.2, 0.25) is 0 Å². The molecule has 1 aromatic rings. The van der Waals surface area contributed by atoms with Gasteiger partial charge in [-0.25, -0.2) is 4.98 Å². The van der Waals surface area contributed by atoms with Crippen LogP contribution in [0.3, 0.4) is 0 Å². The van der Waals surface area contributed by atoms with Crippen LogP contribution in [0.1, 0.15) is 18.6 Å². The Bertz CT molecular complexity index is 160. The van der Waals surface area contributed by atoms with Crippen molar-refractivity contribution in [2.75, 3.05) is 6.54 Å². The van der Waals surface area contributed by atoms with Gasteiger partial charge in [0.1, 0.15) is 5.76 Å². The molecule has 50 valence electrons. The second-order valence-corrected chi connectivity index (χ2v) is 2.04. The zero-order valence-electron chi connectivity index (χ0n) is 5.37. The number of aromatic nitrogens is 1. The molecule has 9 heavy (non-hydrogen) atoms. The predicted octanol–water partition coefficient (Wildman–Crippen LogP) is 0.737. The van der Waals surface area contributed by atoms with E-state index in [4.69, 9.17) is 10.2 Å². The van der Waals surface area contributed by atoms with Gasteiger partial charge in [0.2, 0.25) is 0 Å². The van der Waals surface area contributed by atoms with E-state index in [9.17, 15) is 0 Å². The van der Waals surface area contributed by atoms with E-state index in [0.717, 1.165) is 5.76 Å². The van der Waals surface area contributed by atoms with Crippen molar-refractivity contribution in [3.05, 3.63) is 18.4 Å². The third-order valence-electron chi connectivity index (χ3n) is 1.29. The first-order chi connectivity index (χ1) is 4.34. The lowest BCUT2D eigenvalue weighted by atomic mass is 10.1. The third kappa shape index (κ3) is 1.29. The summed E-state index contributed by atoms with van der Waals surface area (Å²) in [5, 5.41) is 0. The minimum Gasteiger partial charge on any atom is -0.448 e. The Hall–Kier alpha value is -0.830. The summed E-state index contributed by atoms with van der Waals surface area (Å²) in [4.78, 5) is 3.77. The predicted molar refractivity (Wildman–Crippen MR) is 34.0 cm³/mol. The fraction of sp³-hybridized carbons (Fsp3) is 0.500. The summed E-state index contributed by atoms with van der Waals surface area (Å²) in [7, 11) is 0. The van der Waals surface area contributed by atoms with Gasteiger partial charge in [0.05, 0.1) is 6.20 Å². The van der Waals surface area contributed by atoms with Crippen molar-refractivity contribution in [1.82, 2.24) is 4.98 Å². The van der Waals surface area contributed by atoms with Crippen LogP contribution >= 0.6 is 0 Å². The largest absolute Gasteiger partial charge is 0.448 e. The highest BCUT2D eigenvalue weighted by Crippen LogP contribution is 2.10. The average molecular weight is 126 g/mol. The van der Waals surface area contributed by atoms with Gasteiger partial charge in [-0.1, -0.05) is 6.92 Å². The second-order valence-electron chi connectivity index (χ2n) is 2.04. The van der Waals surface area contributed by atoms with Gasteiger partial charge in [-0.15, -0.1) is 0 Å². The van der Waals surface area contributed by atoms with Gasteiger partial charge in [0.25, 0.3) is 0 Å². The Labute approximate surface area is 53.9 Å². The summed E-state index contributed by atoms with van der Waals surface area (Å²) < 4.78 is 5.00. The van der Waals surface area contributed by atoms with Gasteiger partial charge in [0, 0.05) is 12.5 Å². The fourth-order valence-electron chi connectivity index (χ4n) is 0.585. The lowest BCUT2D eigenvalue weighted by Gasteiger charge is -2.00. The Morgan fingerprint density at radius 3 is 3.11 bits per heavy atom. The molecule has 3 nitrogen and oxygen atoms in total. The standard InChI is InChI=1S/C6H10N2O/c1-5(2-7)6-3-8-4-9-6/h3-5H,2,7H2,1H3. The van der Waals surface area contributed by atoms with Crippen molar-refractivity contribution in [3.8, 4) is 0 Å². The number of nitrogens with zero attached hydrogens (tertiary/aromatic N) is 1. The average Bonchev–Trinajstić information content (AvgIpc) is 2.37. The number of oxazole rings is 1. The molecule has 1 aromatic heterocycles. The molecule has 0 amide bonds.